The van der Waals surface area contributed by atoms with Crippen LogP contribution in [0.4, 0.5) is 5.82 Å². The molecule has 83 valence electrons. The molecule has 0 unspecified atom stereocenters. The zero-order valence-corrected chi connectivity index (χ0v) is 10.7. The maximum atomic E-state index is 4.06. The summed E-state index contributed by atoms with van der Waals surface area (Å²) in [5.41, 5.74) is 0.865. The molecule has 15 heavy (non-hydrogen) atoms. The van der Waals surface area contributed by atoms with E-state index < -0.39 is 0 Å². The average Bonchev–Trinajstić information content (AvgIpc) is 2.66. The minimum atomic E-state index is 0. The molecule has 5 heteroatoms. The van der Waals surface area contributed by atoms with Gasteiger partial charge in [-0.05, 0) is 6.07 Å². The van der Waals surface area contributed by atoms with Gasteiger partial charge in [0.05, 0.1) is 5.39 Å². The molecule has 0 aliphatic heterocycles. The smallest absolute Gasteiger partial charge is 0.142 e. The molecule has 4 nitrogen and oxygen atoms in total. The van der Waals surface area contributed by atoms with Crippen molar-refractivity contribution in [2.45, 2.75) is 20.3 Å². The zero-order chi connectivity index (χ0) is 10.4. The van der Waals surface area contributed by atoms with Gasteiger partial charge in [0.25, 0.3) is 0 Å². The Morgan fingerprint density at radius 1 is 1.40 bits per heavy atom. The standard InChI is InChI=1S/C7H8N4.C3H8.V.H2/c1-8-6-5-2-3-9-7(5)11-4-10-6;1-3-2;;/h2-4H,1H3,(H2,8,9,10,11);3H2,1-2H3;;1H. The number of aromatic nitrogens is 3. The number of fused-ring (bicyclic) bond motifs is 1. The Hall–Kier alpha value is -0.996. The van der Waals surface area contributed by atoms with E-state index in [0.29, 0.717) is 0 Å². The second kappa shape index (κ2) is 7.32. The van der Waals surface area contributed by atoms with Crippen molar-refractivity contribution >= 4 is 16.9 Å². The van der Waals surface area contributed by atoms with E-state index in [4.69, 9.17) is 0 Å². The van der Waals surface area contributed by atoms with Gasteiger partial charge in [-0.1, -0.05) is 20.3 Å². The molecule has 0 saturated carbocycles. The van der Waals surface area contributed by atoms with Crippen molar-refractivity contribution in [3.05, 3.63) is 18.6 Å². The van der Waals surface area contributed by atoms with Crippen LogP contribution in [-0.2, 0) is 18.6 Å². The van der Waals surface area contributed by atoms with Crippen molar-refractivity contribution in [3.63, 3.8) is 0 Å². The molecule has 2 aromatic heterocycles. The fourth-order valence-corrected chi connectivity index (χ4v) is 1.07. The van der Waals surface area contributed by atoms with Crippen LogP contribution in [0.25, 0.3) is 11.0 Å². The first-order valence-electron chi connectivity index (χ1n) is 4.79. The molecule has 0 amide bonds. The van der Waals surface area contributed by atoms with E-state index in [-0.39, 0.29) is 20.0 Å². The Morgan fingerprint density at radius 3 is 2.67 bits per heavy atom. The average molecular weight is 245 g/mol. The minimum absolute atomic E-state index is 0. The van der Waals surface area contributed by atoms with E-state index in [1.54, 1.807) is 0 Å². The second-order valence-corrected chi connectivity index (χ2v) is 2.92. The molecule has 0 bridgehead atoms. The van der Waals surface area contributed by atoms with E-state index in [1.165, 1.54) is 12.7 Å². The minimum Gasteiger partial charge on any atom is -0.372 e. The normalized spacial score (nSPS) is 8.73. The van der Waals surface area contributed by atoms with Crippen LogP contribution in [0, 0.1) is 0 Å². The molecule has 0 aliphatic carbocycles. The quantitative estimate of drug-likeness (QED) is 0.812. The van der Waals surface area contributed by atoms with Crippen molar-refractivity contribution in [1.82, 2.24) is 15.0 Å². The fourth-order valence-electron chi connectivity index (χ4n) is 1.07. The monoisotopic (exact) mass is 245 g/mol. The summed E-state index contributed by atoms with van der Waals surface area (Å²) in [6, 6.07) is 1.95. The van der Waals surface area contributed by atoms with Gasteiger partial charge in [0.15, 0.2) is 0 Å². The first-order valence-corrected chi connectivity index (χ1v) is 4.79. The summed E-state index contributed by atoms with van der Waals surface area (Å²) in [6.45, 7) is 4.25. The number of anilines is 1. The molecule has 0 atom stereocenters. The van der Waals surface area contributed by atoms with Gasteiger partial charge in [-0.15, -0.1) is 0 Å². The van der Waals surface area contributed by atoms with Gasteiger partial charge < -0.3 is 10.3 Å². The van der Waals surface area contributed by atoms with Gasteiger partial charge in [-0.25, -0.2) is 9.97 Å². The summed E-state index contributed by atoms with van der Waals surface area (Å²) in [5.74, 6) is 0.858. The van der Waals surface area contributed by atoms with Crippen LogP contribution in [0.2, 0.25) is 0 Å². The number of rotatable bonds is 1. The Bertz CT molecular complexity index is 391. The van der Waals surface area contributed by atoms with E-state index >= 15 is 0 Å². The first-order chi connectivity index (χ1) is 6.83. The third-order valence-electron chi connectivity index (χ3n) is 1.59. The summed E-state index contributed by atoms with van der Waals surface area (Å²) in [5, 5.41) is 4.01. The van der Waals surface area contributed by atoms with Crippen LogP contribution in [0.1, 0.15) is 21.7 Å². The van der Waals surface area contributed by atoms with Crippen LogP contribution in [0.3, 0.4) is 0 Å². The molecule has 0 aliphatic rings. The molecule has 1 radical (unpaired) electrons. The van der Waals surface area contributed by atoms with Crippen LogP contribution >= 0.6 is 0 Å². The number of hydrogen-bond donors (Lipinski definition) is 2. The second-order valence-electron chi connectivity index (χ2n) is 2.92. The molecule has 0 aromatic carbocycles. The van der Waals surface area contributed by atoms with Gasteiger partial charge in [0.2, 0.25) is 0 Å². The predicted molar refractivity (Wildman–Crippen MR) is 61.5 cm³/mol. The number of nitrogens with one attached hydrogen (secondary N) is 2. The van der Waals surface area contributed by atoms with Gasteiger partial charge >= 0.3 is 0 Å². The SMILES string of the molecule is CCC.CNc1ncnc2[nH]ccc12.[HH].[V]. The van der Waals surface area contributed by atoms with Gasteiger partial charge in [0.1, 0.15) is 17.8 Å². The Morgan fingerprint density at radius 2 is 2.07 bits per heavy atom. The third kappa shape index (κ3) is 3.57. The van der Waals surface area contributed by atoms with E-state index in [9.17, 15) is 0 Å². The Labute approximate surface area is 103 Å². The Kier molecular flexibility index (Phi) is 6.83. The Balaban J connectivity index is 0. The van der Waals surface area contributed by atoms with Crippen molar-refractivity contribution in [1.29, 1.82) is 0 Å². The maximum absolute atomic E-state index is 4.06. The molecule has 0 spiro atoms. The summed E-state index contributed by atoms with van der Waals surface area (Å²) in [6.07, 6.45) is 4.63. The van der Waals surface area contributed by atoms with Crippen LogP contribution in [0.5, 0.6) is 0 Å². The van der Waals surface area contributed by atoms with E-state index in [1.807, 2.05) is 19.3 Å². The summed E-state index contributed by atoms with van der Waals surface area (Å²) < 4.78 is 0. The number of aromatic amines is 1. The van der Waals surface area contributed by atoms with Crippen molar-refractivity contribution in [2.24, 2.45) is 0 Å². The number of hydrogen-bond acceptors (Lipinski definition) is 3. The largest absolute Gasteiger partial charge is 0.372 e. The topological polar surface area (TPSA) is 53.6 Å². The van der Waals surface area contributed by atoms with Crippen molar-refractivity contribution < 1.29 is 20.0 Å². The van der Waals surface area contributed by atoms with E-state index in [0.717, 1.165) is 16.9 Å². The van der Waals surface area contributed by atoms with Gasteiger partial charge in [0, 0.05) is 33.2 Å². The van der Waals surface area contributed by atoms with Gasteiger partial charge in [-0.2, -0.15) is 0 Å². The van der Waals surface area contributed by atoms with Crippen LogP contribution in [-0.4, -0.2) is 22.0 Å². The molecular formula is C10H18N4V. The first kappa shape index (κ1) is 14.0. The third-order valence-corrected chi connectivity index (χ3v) is 1.59. The maximum Gasteiger partial charge on any atom is 0.142 e. The summed E-state index contributed by atoms with van der Waals surface area (Å²) in [7, 11) is 1.84. The van der Waals surface area contributed by atoms with Crippen molar-refractivity contribution in [3.8, 4) is 0 Å². The van der Waals surface area contributed by atoms with Crippen LogP contribution in [0.15, 0.2) is 18.6 Å². The molecular weight excluding hydrogens is 227 g/mol. The fraction of sp³-hybridized carbons (Fsp3) is 0.400. The number of H-pyrrole nitrogens is 1. The molecule has 2 rings (SSSR count). The van der Waals surface area contributed by atoms with Crippen LogP contribution < -0.4 is 5.32 Å². The molecule has 2 heterocycles. The van der Waals surface area contributed by atoms with Crippen molar-refractivity contribution in [2.75, 3.05) is 12.4 Å². The molecule has 0 fully saturated rings. The molecule has 2 aromatic rings. The summed E-state index contributed by atoms with van der Waals surface area (Å²) >= 11 is 0. The molecule has 0 saturated heterocycles. The zero-order valence-electron chi connectivity index (χ0n) is 9.28. The number of nitrogens with zero attached hydrogens (tertiary/aromatic N) is 2. The van der Waals surface area contributed by atoms with Gasteiger partial charge in [-0.3, -0.25) is 0 Å². The molecule has 2 N–H and O–H groups in total. The summed E-state index contributed by atoms with van der Waals surface area (Å²) in [4.78, 5) is 11.1. The van der Waals surface area contributed by atoms with E-state index in [2.05, 4.69) is 34.1 Å². The predicted octanol–water partition coefficient (Wildman–Crippen LogP) is 2.66.